The van der Waals surface area contributed by atoms with Crippen molar-refractivity contribution < 1.29 is 9.53 Å². The predicted octanol–water partition coefficient (Wildman–Crippen LogP) is 1.84. The average molecular weight is 291 g/mol. The van der Waals surface area contributed by atoms with Crippen LogP contribution >= 0.6 is 0 Å². The molecule has 2 rings (SSSR count). The van der Waals surface area contributed by atoms with E-state index in [1.165, 1.54) is 0 Å². The standard InChI is InChI=1S/C16H25N3O2/c1-2-5-13(12-17)16(20)18-14-6-3-4-7-15(14)19-8-10-21-11-9-19/h3-4,6-7,13H,2,5,8-12,17H2,1H3,(H,18,20). The van der Waals surface area contributed by atoms with Gasteiger partial charge in [0.05, 0.1) is 30.5 Å². The van der Waals surface area contributed by atoms with Crippen LogP contribution in [0.1, 0.15) is 19.8 Å². The number of nitrogens with zero attached hydrogens (tertiary/aromatic N) is 1. The fourth-order valence-electron chi connectivity index (χ4n) is 2.60. The Bertz CT molecular complexity index is 459. The number of morpholine rings is 1. The van der Waals surface area contributed by atoms with Crippen molar-refractivity contribution in [3.8, 4) is 0 Å². The Labute approximate surface area is 126 Å². The third-order valence-corrected chi connectivity index (χ3v) is 3.81. The molecule has 1 aromatic carbocycles. The zero-order chi connectivity index (χ0) is 15.1. The van der Waals surface area contributed by atoms with Gasteiger partial charge in [0, 0.05) is 19.6 Å². The lowest BCUT2D eigenvalue weighted by molar-refractivity contribution is -0.119. The van der Waals surface area contributed by atoms with Gasteiger partial charge in [0.25, 0.3) is 0 Å². The van der Waals surface area contributed by atoms with Gasteiger partial charge < -0.3 is 20.7 Å². The Morgan fingerprint density at radius 1 is 1.38 bits per heavy atom. The Morgan fingerprint density at radius 2 is 2.10 bits per heavy atom. The molecule has 1 amide bonds. The van der Waals surface area contributed by atoms with Crippen LogP contribution in [0.2, 0.25) is 0 Å². The van der Waals surface area contributed by atoms with Gasteiger partial charge in [-0.2, -0.15) is 0 Å². The fraction of sp³-hybridized carbons (Fsp3) is 0.562. The third kappa shape index (κ3) is 4.19. The molecule has 1 aliphatic heterocycles. The maximum absolute atomic E-state index is 12.3. The number of anilines is 2. The summed E-state index contributed by atoms with van der Waals surface area (Å²) in [7, 11) is 0. The smallest absolute Gasteiger partial charge is 0.228 e. The molecule has 0 bridgehead atoms. The van der Waals surface area contributed by atoms with Crippen molar-refractivity contribution in [1.82, 2.24) is 0 Å². The van der Waals surface area contributed by atoms with E-state index in [2.05, 4.69) is 17.1 Å². The highest BCUT2D eigenvalue weighted by Crippen LogP contribution is 2.27. The van der Waals surface area contributed by atoms with Crippen LogP contribution in [-0.4, -0.2) is 38.8 Å². The summed E-state index contributed by atoms with van der Waals surface area (Å²) >= 11 is 0. The predicted molar refractivity (Wildman–Crippen MR) is 85.6 cm³/mol. The summed E-state index contributed by atoms with van der Waals surface area (Å²) in [4.78, 5) is 14.6. The number of nitrogens with one attached hydrogen (secondary N) is 1. The summed E-state index contributed by atoms with van der Waals surface area (Å²) in [5, 5.41) is 3.04. The number of hydrogen-bond acceptors (Lipinski definition) is 4. The number of nitrogens with two attached hydrogens (primary N) is 1. The largest absolute Gasteiger partial charge is 0.378 e. The SMILES string of the molecule is CCCC(CN)C(=O)Nc1ccccc1N1CCOCC1. The summed E-state index contributed by atoms with van der Waals surface area (Å²) < 4.78 is 5.38. The summed E-state index contributed by atoms with van der Waals surface area (Å²) in [5.41, 5.74) is 7.62. The van der Waals surface area contributed by atoms with Crippen molar-refractivity contribution >= 4 is 17.3 Å². The van der Waals surface area contributed by atoms with Crippen molar-refractivity contribution in [1.29, 1.82) is 0 Å². The van der Waals surface area contributed by atoms with Crippen LogP contribution in [0.15, 0.2) is 24.3 Å². The summed E-state index contributed by atoms with van der Waals surface area (Å²) in [6.45, 7) is 5.61. The summed E-state index contributed by atoms with van der Waals surface area (Å²) in [6, 6.07) is 7.92. The van der Waals surface area contributed by atoms with Gasteiger partial charge in [0.1, 0.15) is 0 Å². The quantitative estimate of drug-likeness (QED) is 0.839. The lowest BCUT2D eigenvalue weighted by Gasteiger charge is -2.30. The second-order valence-electron chi connectivity index (χ2n) is 5.33. The summed E-state index contributed by atoms with van der Waals surface area (Å²) in [5.74, 6) is -0.104. The molecule has 5 nitrogen and oxygen atoms in total. The van der Waals surface area contributed by atoms with E-state index in [9.17, 15) is 4.79 Å². The van der Waals surface area contributed by atoms with E-state index in [0.717, 1.165) is 50.5 Å². The molecular formula is C16H25N3O2. The number of hydrogen-bond donors (Lipinski definition) is 2. The van der Waals surface area contributed by atoms with Gasteiger partial charge >= 0.3 is 0 Å². The molecule has 0 aromatic heterocycles. The molecule has 0 saturated carbocycles. The van der Waals surface area contributed by atoms with E-state index in [-0.39, 0.29) is 11.8 Å². The topological polar surface area (TPSA) is 67.6 Å². The molecule has 5 heteroatoms. The minimum absolute atomic E-state index is 0.0139. The number of benzene rings is 1. The van der Waals surface area contributed by atoms with E-state index in [4.69, 9.17) is 10.5 Å². The number of rotatable bonds is 6. The van der Waals surface area contributed by atoms with Gasteiger partial charge in [0.2, 0.25) is 5.91 Å². The molecule has 0 aliphatic carbocycles. The van der Waals surface area contributed by atoms with E-state index >= 15 is 0 Å². The van der Waals surface area contributed by atoms with Crippen LogP contribution < -0.4 is 16.0 Å². The van der Waals surface area contributed by atoms with Crippen molar-refractivity contribution in [3.63, 3.8) is 0 Å². The van der Waals surface area contributed by atoms with Crippen LogP contribution in [0.3, 0.4) is 0 Å². The molecule has 3 N–H and O–H groups in total. The van der Waals surface area contributed by atoms with E-state index in [1.807, 2.05) is 24.3 Å². The van der Waals surface area contributed by atoms with Gasteiger partial charge in [-0.3, -0.25) is 4.79 Å². The minimum atomic E-state index is -0.118. The third-order valence-electron chi connectivity index (χ3n) is 3.81. The van der Waals surface area contributed by atoms with Gasteiger partial charge in [-0.15, -0.1) is 0 Å². The number of carbonyl (C=O) groups is 1. The lowest BCUT2D eigenvalue weighted by Crippen LogP contribution is -2.37. The Balaban J connectivity index is 2.10. The maximum atomic E-state index is 12.3. The van der Waals surface area contributed by atoms with E-state index in [1.54, 1.807) is 0 Å². The van der Waals surface area contributed by atoms with Crippen molar-refractivity contribution in [2.24, 2.45) is 11.7 Å². The Hall–Kier alpha value is -1.59. The first kappa shape index (κ1) is 15.8. The highest BCUT2D eigenvalue weighted by molar-refractivity contribution is 5.96. The molecule has 0 spiro atoms. The summed E-state index contributed by atoms with van der Waals surface area (Å²) in [6.07, 6.45) is 1.78. The molecule has 116 valence electrons. The van der Waals surface area contributed by atoms with Crippen LogP contribution in [0.5, 0.6) is 0 Å². The van der Waals surface area contributed by atoms with Gasteiger partial charge in [-0.05, 0) is 18.6 Å². The Kier molecular flexibility index (Phi) is 6.02. The highest BCUT2D eigenvalue weighted by Gasteiger charge is 2.19. The zero-order valence-electron chi connectivity index (χ0n) is 12.7. The van der Waals surface area contributed by atoms with Gasteiger partial charge in [-0.25, -0.2) is 0 Å². The first-order valence-corrected chi connectivity index (χ1v) is 7.69. The fourth-order valence-corrected chi connectivity index (χ4v) is 2.60. The first-order valence-electron chi connectivity index (χ1n) is 7.69. The van der Waals surface area contributed by atoms with Crippen LogP contribution in [0.4, 0.5) is 11.4 Å². The van der Waals surface area contributed by atoms with Gasteiger partial charge in [-0.1, -0.05) is 25.5 Å². The second kappa shape index (κ2) is 8.00. The molecule has 0 radical (unpaired) electrons. The first-order chi connectivity index (χ1) is 10.3. The van der Waals surface area contributed by atoms with Gasteiger partial charge in [0.15, 0.2) is 0 Å². The molecule has 1 fully saturated rings. The monoisotopic (exact) mass is 291 g/mol. The van der Waals surface area contributed by atoms with Crippen molar-refractivity contribution in [3.05, 3.63) is 24.3 Å². The molecule has 1 aromatic rings. The molecule has 1 saturated heterocycles. The molecule has 1 unspecified atom stereocenters. The van der Waals surface area contributed by atoms with Crippen LogP contribution in [-0.2, 0) is 9.53 Å². The normalized spacial score (nSPS) is 16.6. The number of para-hydroxylation sites is 2. The highest BCUT2D eigenvalue weighted by atomic mass is 16.5. The zero-order valence-corrected chi connectivity index (χ0v) is 12.7. The maximum Gasteiger partial charge on any atom is 0.228 e. The minimum Gasteiger partial charge on any atom is -0.378 e. The van der Waals surface area contributed by atoms with Crippen molar-refractivity contribution in [2.75, 3.05) is 43.1 Å². The number of carbonyl (C=O) groups excluding carboxylic acids is 1. The van der Waals surface area contributed by atoms with Crippen LogP contribution in [0, 0.1) is 5.92 Å². The number of ether oxygens (including phenoxy) is 1. The molecule has 1 aliphatic rings. The lowest BCUT2D eigenvalue weighted by atomic mass is 10.0. The molecule has 1 heterocycles. The van der Waals surface area contributed by atoms with Crippen molar-refractivity contribution in [2.45, 2.75) is 19.8 Å². The number of amides is 1. The van der Waals surface area contributed by atoms with E-state index in [0.29, 0.717) is 6.54 Å². The molecule has 21 heavy (non-hydrogen) atoms. The van der Waals surface area contributed by atoms with Crippen LogP contribution in [0.25, 0.3) is 0 Å². The average Bonchev–Trinajstić information content (AvgIpc) is 2.54. The molecule has 1 atom stereocenters. The Morgan fingerprint density at radius 3 is 2.76 bits per heavy atom. The molecular weight excluding hydrogens is 266 g/mol. The second-order valence-corrected chi connectivity index (χ2v) is 5.33. The van der Waals surface area contributed by atoms with E-state index < -0.39 is 0 Å².